The first kappa shape index (κ1) is 11.6. The number of nitrogens with two attached hydrogens (primary N) is 1. The molecular weight excluding hydrogens is 257 g/mol. The summed E-state index contributed by atoms with van der Waals surface area (Å²) < 4.78 is 44.5. The Morgan fingerprint density at radius 2 is 1.74 bits per heavy atom. The number of hydrogen-bond acceptors (Lipinski definition) is 3. The van der Waals surface area contributed by atoms with Gasteiger partial charge in [-0.05, 0) is 18.2 Å². The van der Waals surface area contributed by atoms with Gasteiger partial charge < -0.3 is 10.2 Å². The Morgan fingerprint density at radius 1 is 1.00 bits per heavy atom. The molecule has 19 heavy (non-hydrogen) atoms. The molecule has 0 radical (unpaired) electrons. The fraction of sp³-hybridized carbons (Fsp3) is 0. The van der Waals surface area contributed by atoms with Crippen LogP contribution in [0.5, 0.6) is 0 Å². The molecule has 3 aromatic rings. The van der Waals surface area contributed by atoms with Gasteiger partial charge in [0.2, 0.25) is 5.89 Å². The highest BCUT2D eigenvalue weighted by Gasteiger charge is 2.15. The minimum atomic E-state index is -1.06. The third-order valence-corrected chi connectivity index (χ3v) is 2.67. The zero-order chi connectivity index (χ0) is 13.6. The summed E-state index contributed by atoms with van der Waals surface area (Å²) in [5, 5.41) is 0. The fourth-order valence-electron chi connectivity index (χ4n) is 1.76. The molecule has 96 valence electrons. The average Bonchev–Trinajstić information content (AvgIpc) is 2.76. The van der Waals surface area contributed by atoms with Crippen molar-refractivity contribution < 1.29 is 17.6 Å². The number of anilines is 1. The molecule has 0 atom stereocenters. The number of oxazole rings is 1. The van der Waals surface area contributed by atoms with Gasteiger partial charge in [-0.1, -0.05) is 0 Å². The summed E-state index contributed by atoms with van der Waals surface area (Å²) in [6.07, 6.45) is 0. The van der Waals surface area contributed by atoms with E-state index in [1.54, 1.807) is 0 Å². The lowest BCUT2D eigenvalue weighted by atomic mass is 10.1. The first-order valence-electron chi connectivity index (χ1n) is 5.35. The predicted molar refractivity (Wildman–Crippen MR) is 63.7 cm³/mol. The maximum atomic E-state index is 13.2. The number of nitrogens with zero attached hydrogens (tertiary/aromatic N) is 1. The third-order valence-electron chi connectivity index (χ3n) is 2.67. The Bertz CT molecular complexity index is 783. The SMILES string of the molecule is Nc1cc(F)c(F)cc1-c1nc2cc(F)ccc2o1. The first-order valence-corrected chi connectivity index (χ1v) is 5.35. The number of fused-ring (bicyclic) bond motifs is 1. The monoisotopic (exact) mass is 264 g/mol. The topological polar surface area (TPSA) is 52.0 Å². The highest BCUT2D eigenvalue weighted by molar-refractivity contribution is 5.79. The number of halogens is 3. The van der Waals surface area contributed by atoms with Crippen LogP contribution < -0.4 is 5.73 Å². The molecule has 0 aliphatic carbocycles. The summed E-state index contributed by atoms with van der Waals surface area (Å²) in [5.41, 5.74) is 6.32. The summed E-state index contributed by atoms with van der Waals surface area (Å²) in [6, 6.07) is 5.54. The van der Waals surface area contributed by atoms with Crippen LogP contribution in [0.15, 0.2) is 34.7 Å². The summed E-state index contributed by atoms with van der Waals surface area (Å²) in [4.78, 5) is 4.00. The van der Waals surface area contributed by atoms with E-state index in [1.807, 2.05) is 0 Å². The van der Waals surface area contributed by atoms with Gasteiger partial charge in [0, 0.05) is 17.8 Å². The molecule has 0 spiro atoms. The maximum absolute atomic E-state index is 13.2. The molecular formula is C13H7F3N2O. The molecule has 0 aliphatic heterocycles. The Morgan fingerprint density at radius 3 is 2.53 bits per heavy atom. The van der Waals surface area contributed by atoms with Gasteiger partial charge in [-0.2, -0.15) is 0 Å². The van der Waals surface area contributed by atoms with E-state index in [0.717, 1.165) is 12.1 Å². The number of benzene rings is 2. The number of aromatic nitrogens is 1. The van der Waals surface area contributed by atoms with E-state index in [9.17, 15) is 13.2 Å². The van der Waals surface area contributed by atoms with Gasteiger partial charge in [0.25, 0.3) is 0 Å². The van der Waals surface area contributed by atoms with Crippen LogP contribution in [0.1, 0.15) is 0 Å². The van der Waals surface area contributed by atoms with Crippen molar-refractivity contribution >= 4 is 16.8 Å². The Balaban J connectivity index is 2.21. The van der Waals surface area contributed by atoms with E-state index >= 15 is 0 Å². The van der Waals surface area contributed by atoms with Crippen molar-refractivity contribution in [2.24, 2.45) is 0 Å². The third kappa shape index (κ3) is 1.91. The van der Waals surface area contributed by atoms with Gasteiger partial charge in [-0.15, -0.1) is 0 Å². The fourth-order valence-corrected chi connectivity index (χ4v) is 1.76. The van der Waals surface area contributed by atoms with Crippen LogP contribution in [0.3, 0.4) is 0 Å². The van der Waals surface area contributed by atoms with E-state index < -0.39 is 17.5 Å². The normalized spacial score (nSPS) is 11.1. The van der Waals surface area contributed by atoms with Crippen LogP contribution in [0, 0.1) is 17.5 Å². The quantitative estimate of drug-likeness (QED) is 0.684. The molecule has 1 aromatic heterocycles. The molecule has 0 fully saturated rings. The van der Waals surface area contributed by atoms with Gasteiger partial charge in [-0.3, -0.25) is 0 Å². The molecule has 0 aliphatic rings. The molecule has 2 N–H and O–H groups in total. The van der Waals surface area contributed by atoms with Gasteiger partial charge in [0.15, 0.2) is 17.2 Å². The molecule has 0 amide bonds. The Kier molecular flexibility index (Phi) is 2.45. The van der Waals surface area contributed by atoms with Crippen LogP contribution in [0.2, 0.25) is 0 Å². The van der Waals surface area contributed by atoms with Crippen molar-refractivity contribution in [2.45, 2.75) is 0 Å². The van der Waals surface area contributed by atoms with Gasteiger partial charge in [0.05, 0.1) is 5.56 Å². The second-order valence-corrected chi connectivity index (χ2v) is 3.98. The maximum Gasteiger partial charge on any atom is 0.229 e. The molecule has 0 bridgehead atoms. The number of hydrogen-bond donors (Lipinski definition) is 1. The Labute approximate surface area is 105 Å². The lowest BCUT2D eigenvalue weighted by Crippen LogP contribution is -1.94. The molecule has 2 aromatic carbocycles. The lowest BCUT2D eigenvalue weighted by molar-refractivity contribution is 0.508. The van der Waals surface area contributed by atoms with Crippen molar-refractivity contribution in [1.29, 1.82) is 0 Å². The van der Waals surface area contributed by atoms with E-state index in [0.29, 0.717) is 5.58 Å². The molecule has 0 saturated carbocycles. The standard InChI is InChI=1S/C13H7F3N2O/c14-6-1-2-12-11(3-6)18-13(19-12)7-4-8(15)9(16)5-10(7)17/h1-5H,17H2. The number of nitrogen functional groups attached to an aromatic ring is 1. The van der Waals surface area contributed by atoms with E-state index in [2.05, 4.69) is 4.98 Å². The Hall–Kier alpha value is -2.50. The van der Waals surface area contributed by atoms with Gasteiger partial charge in [0.1, 0.15) is 11.3 Å². The molecule has 0 saturated heterocycles. The second-order valence-electron chi connectivity index (χ2n) is 3.98. The summed E-state index contributed by atoms with van der Waals surface area (Å²) >= 11 is 0. The minimum Gasteiger partial charge on any atom is -0.436 e. The largest absolute Gasteiger partial charge is 0.436 e. The number of rotatable bonds is 1. The van der Waals surface area contributed by atoms with Gasteiger partial charge in [-0.25, -0.2) is 18.2 Å². The van der Waals surface area contributed by atoms with E-state index in [-0.39, 0.29) is 22.7 Å². The highest BCUT2D eigenvalue weighted by Crippen LogP contribution is 2.30. The van der Waals surface area contributed by atoms with Crippen molar-refractivity contribution in [1.82, 2.24) is 4.98 Å². The van der Waals surface area contributed by atoms with Crippen molar-refractivity contribution in [3.63, 3.8) is 0 Å². The van der Waals surface area contributed by atoms with E-state index in [1.165, 1.54) is 18.2 Å². The zero-order valence-corrected chi connectivity index (χ0v) is 9.45. The zero-order valence-electron chi connectivity index (χ0n) is 9.45. The molecule has 0 unspecified atom stereocenters. The summed E-state index contributed by atoms with van der Waals surface area (Å²) in [5.74, 6) is -2.57. The van der Waals surface area contributed by atoms with Crippen molar-refractivity contribution in [2.75, 3.05) is 5.73 Å². The second kappa shape index (κ2) is 4.01. The average molecular weight is 264 g/mol. The highest BCUT2D eigenvalue weighted by atomic mass is 19.2. The van der Waals surface area contributed by atoms with Crippen molar-refractivity contribution in [3.8, 4) is 11.5 Å². The minimum absolute atomic E-state index is 0.00840. The molecule has 1 heterocycles. The van der Waals surface area contributed by atoms with Crippen LogP contribution in [0.25, 0.3) is 22.6 Å². The smallest absolute Gasteiger partial charge is 0.229 e. The summed E-state index contributed by atoms with van der Waals surface area (Å²) in [6.45, 7) is 0. The van der Waals surface area contributed by atoms with Crippen molar-refractivity contribution in [3.05, 3.63) is 47.8 Å². The molecule has 3 rings (SSSR count). The van der Waals surface area contributed by atoms with Crippen LogP contribution in [-0.4, -0.2) is 4.98 Å². The molecule has 3 nitrogen and oxygen atoms in total. The first-order chi connectivity index (χ1) is 9.04. The van der Waals surface area contributed by atoms with Gasteiger partial charge >= 0.3 is 0 Å². The van der Waals surface area contributed by atoms with Crippen LogP contribution >= 0.6 is 0 Å². The lowest BCUT2D eigenvalue weighted by Gasteiger charge is -2.01. The van der Waals surface area contributed by atoms with Crippen LogP contribution in [0.4, 0.5) is 18.9 Å². The van der Waals surface area contributed by atoms with Crippen LogP contribution in [-0.2, 0) is 0 Å². The van der Waals surface area contributed by atoms with E-state index in [4.69, 9.17) is 10.2 Å². The summed E-state index contributed by atoms with van der Waals surface area (Å²) in [7, 11) is 0. The predicted octanol–water partition coefficient (Wildman–Crippen LogP) is 3.49. The molecule has 6 heteroatoms.